The Balaban J connectivity index is 2.09. The Morgan fingerprint density at radius 1 is 1.41 bits per heavy atom. The molecule has 2 rings (SSSR count). The number of benzene rings is 1. The lowest BCUT2D eigenvalue weighted by Crippen LogP contribution is -2.06. The van der Waals surface area contributed by atoms with Crippen molar-refractivity contribution in [3.63, 3.8) is 0 Å². The fraction of sp³-hybridized carbons (Fsp3) is 0.308. The Bertz CT molecular complexity index is 505. The zero-order valence-electron chi connectivity index (χ0n) is 10.1. The van der Waals surface area contributed by atoms with Crippen molar-refractivity contribution in [2.75, 3.05) is 5.32 Å². The highest BCUT2D eigenvalue weighted by Gasteiger charge is 2.02. The van der Waals surface area contributed by atoms with Gasteiger partial charge in [0.15, 0.2) is 0 Å². The molecule has 0 saturated heterocycles. The van der Waals surface area contributed by atoms with Crippen molar-refractivity contribution in [1.82, 2.24) is 9.55 Å². The lowest BCUT2D eigenvalue weighted by molar-refractivity contribution is 0.719. The van der Waals surface area contributed by atoms with Crippen molar-refractivity contribution in [3.8, 4) is 0 Å². The van der Waals surface area contributed by atoms with E-state index in [1.165, 1.54) is 20.5 Å². The third kappa shape index (κ3) is 3.00. The molecule has 0 fully saturated rings. The van der Waals surface area contributed by atoms with Crippen LogP contribution < -0.4 is 5.32 Å². The van der Waals surface area contributed by atoms with Gasteiger partial charge in [-0.15, -0.1) is 0 Å². The first-order chi connectivity index (χ1) is 8.20. The average Bonchev–Trinajstić information content (AvgIpc) is 2.77. The Kier molecular flexibility index (Phi) is 4.04. The first-order valence-electron chi connectivity index (χ1n) is 5.69. The normalized spacial score (nSPS) is 10.5. The number of hydrogen-bond acceptors (Lipinski definition) is 2. The second-order valence-corrected chi connectivity index (χ2v) is 5.23. The number of hydrogen-bond donors (Lipinski definition) is 1. The van der Waals surface area contributed by atoms with Crippen molar-refractivity contribution < 1.29 is 0 Å². The van der Waals surface area contributed by atoms with Crippen LogP contribution in [0.1, 0.15) is 18.2 Å². The van der Waals surface area contributed by atoms with E-state index in [-0.39, 0.29) is 0 Å². The van der Waals surface area contributed by atoms with Crippen LogP contribution in [0.15, 0.2) is 30.7 Å². The van der Waals surface area contributed by atoms with E-state index in [9.17, 15) is 0 Å². The van der Waals surface area contributed by atoms with Crippen LogP contribution >= 0.6 is 22.6 Å². The van der Waals surface area contributed by atoms with Crippen molar-refractivity contribution in [1.29, 1.82) is 0 Å². The molecule has 0 bridgehead atoms. The number of aromatic nitrogens is 2. The number of anilines is 1. The minimum absolute atomic E-state index is 0.814. The first-order valence-corrected chi connectivity index (χ1v) is 6.77. The quantitative estimate of drug-likeness (QED) is 0.864. The van der Waals surface area contributed by atoms with Gasteiger partial charge in [0, 0.05) is 22.0 Å². The third-order valence-electron chi connectivity index (χ3n) is 2.80. The standard InChI is InChI=1S/C13H16IN3/c1-3-17-9-15-7-12(17)8-16-13-6-11(14)5-4-10(13)2/h4-7,9,16H,3,8H2,1-2H3. The molecule has 0 aliphatic rings. The molecule has 0 aliphatic carbocycles. The van der Waals surface area contributed by atoms with E-state index in [0.717, 1.165) is 13.1 Å². The maximum Gasteiger partial charge on any atom is 0.0948 e. The largest absolute Gasteiger partial charge is 0.379 e. The molecule has 0 aliphatic heterocycles. The van der Waals surface area contributed by atoms with Crippen molar-refractivity contribution in [2.45, 2.75) is 26.9 Å². The highest BCUT2D eigenvalue weighted by Crippen LogP contribution is 2.18. The van der Waals surface area contributed by atoms with Crippen LogP contribution in [0, 0.1) is 10.5 Å². The van der Waals surface area contributed by atoms with Crippen LogP contribution in [0.25, 0.3) is 0 Å². The number of nitrogens with zero attached hydrogens (tertiary/aromatic N) is 2. The van der Waals surface area contributed by atoms with Crippen molar-refractivity contribution in [2.24, 2.45) is 0 Å². The van der Waals surface area contributed by atoms with Gasteiger partial charge in [0.2, 0.25) is 0 Å². The smallest absolute Gasteiger partial charge is 0.0948 e. The van der Waals surface area contributed by atoms with Crippen LogP contribution in [-0.2, 0) is 13.1 Å². The summed E-state index contributed by atoms with van der Waals surface area (Å²) < 4.78 is 3.40. The number of nitrogens with one attached hydrogen (secondary N) is 1. The predicted octanol–water partition coefficient (Wildman–Crippen LogP) is 3.43. The zero-order valence-corrected chi connectivity index (χ0v) is 12.2. The molecular weight excluding hydrogens is 325 g/mol. The molecule has 4 heteroatoms. The van der Waals surface area contributed by atoms with Gasteiger partial charge in [0.05, 0.1) is 18.6 Å². The van der Waals surface area contributed by atoms with Crippen molar-refractivity contribution in [3.05, 3.63) is 45.6 Å². The summed E-state index contributed by atoms with van der Waals surface area (Å²) in [5.41, 5.74) is 3.68. The fourth-order valence-corrected chi connectivity index (χ4v) is 2.24. The van der Waals surface area contributed by atoms with Gasteiger partial charge in [-0.05, 0) is 54.1 Å². The van der Waals surface area contributed by atoms with Gasteiger partial charge < -0.3 is 9.88 Å². The van der Waals surface area contributed by atoms with E-state index in [4.69, 9.17) is 0 Å². The molecule has 0 spiro atoms. The number of halogens is 1. The van der Waals surface area contributed by atoms with Gasteiger partial charge in [-0.3, -0.25) is 0 Å². The molecule has 0 radical (unpaired) electrons. The van der Waals surface area contributed by atoms with Gasteiger partial charge in [-0.2, -0.15) is 0 Å². The molecule has 1 aromatic heterocycles. The van der Waals surface area contributed by atoms with Gasteiger partial charge in [0.25, 0.3) is 0 Å². The monoisotopic (exact) mass is 341 g/mol. The van der Waals surface area contributed by atoms with E-state index in [1.807, 2.05) is 12.5 Å². The Labute approximate surface area is 115 Å². The van der Waals surface area contributed by atoms with E-state index >= 15 is 0 Å². The average molecular weight is 341 g/mol. The summed E-state index contributed by atoms with van der Waals surface area (Å²) in [5, 5.41) is 3.47. The molecule has 1 heterocycles. The predicted molar refractivity (Wildman–Crippen MR) is 79.1 cm³/mol. The van der Waals surface area contributed by atoms with E-state index in [2.05, 4.69) is 69.5 Å². The molecule has 90 valence electrons. The Hall–Kier alpha value is -1.04. The molecule has 1 N–H and O–H groups in total. The summed E-state index contributed by atoms with van der Waals surface area (Å²) in [4.78, 5) is 4.17. The summed E-state index contributed by atoms with van der Waals surface area (Å²) in [7, 11) is 0. The van der Waals surface area contributed by atoms with Gasteiger partial charge in [0.1, 0.15) is 0 Å². The fourth-order valence-electron chi connectivity index (χ4n) is 1.75. The summed E-state index contributed by atoms with van der Waals surface area (Å²) in [6.45, 7) is 6.02. The van der Waals surface area contributed by atoms with Gasteiger partial charge >= 0.3 is 0 Å². The van der Waals surface area contributed by atoms with E-state index in [0.29, 0.717) is 0 Å². The highest BCUT2D eigenvalue weighted by molar-refractivity contribution is 14.1. The van der Waals surface area contributed by atoms with Gasteiger partial charge in [-0.25, -0.2) is 4.98 Å². The summed E-state index contributed by atoms with van der Waals surface area (Å²) in [6.07, 6.45) is 3.79. The second kappa shape index (κ2) is 5.53. The lowest BCUT2D eigenvalue weighted by Gasteiger charge is -2.11. The molecule has 0 saturated carbocycles. The molecule has 17 heavy (non-hydrogen) atoms. The van der Waals surface area contributed by atoms with Crippen LogP contribution in [0.4, 0.5) is 5.69 Å². The summed E-state index contributed by atoms with van der Waals surface area (Å²) in [5.74, 6) is 0. The molecular formula is C13H16IN3. The molecule has 0 unspecified atom stereocenters. The molecule has 0 atom stereocenters. The van der Waals surface area contributed by atoms with Crippen molar-refractivity contribution >= 4 is 28.3 Å². The molecule has 2 aromatic rings. The topological polar surface area (TPSA) is 29.9 Å². The third-order valence-corrected chi connectivity index (χ3v) is 3.47. The highest BCUT2D eigenvalue weighted by atomic mass is 127. The van der Waals surface area contributed by atoms with E-state index < -0.39 is 0 Å². The maximum absolute atomic E-state index is 4.17. The van der Waals surface area contributed by atoms with Crippen LogP contribution in [0.5, 0.6) is 0 Å². The van der Waals surface area contributed by atoms with Gasteiger partial charge in [-0.1, -0.05) is 6.07 Å². The first kappa shape index (κ1) is 12.4. The zero-order chi connectivity index (χ0) is 12.3. The SMILES string of the molecule is CCn1cncc1CNc1cc(I)ccc1C. The summed E-state index contributed by atoms with van der Waals surface area (Å²) >= 11 is 2.33. The van der Waals surface area contributed by atoms with Crippen LogP contribution in [-0.4, -0.2) is 9.55 Å². The number of imidazole rings is 1. The summed E-state index contributed by atoms with van der Waals surface area (Å²) in [6, 6.07) is 6.43. The van der Waals surface area contributed by atoms with E-state index in [1.54, 1.807) is 0 Å². The second-order valence-electron chi connectivity index (χ2n) is 3.98. The van der Waals surface area contributed by atoms with Crippen LogP contribution in [0.2, 0.25) is 0 Å². The molecule has 0 amide bonds. The Morgan fingerprint density at radius 3 is 3.00 bits per heavy atom. The molecule has 1 aromatic carbocycles. The lowest BCUT2D eigenvalue weighted by atomic mass is 10.2. The van der Waals surface area contributed by atoms with Crippen LogP contribution in [0.3, 0.4) is 0 Å². The molecule has 3 nitrogen and oxygen atoms in total. The Morgan fingerprint density at radius 2 is 2.24 bits per heavy atom. The minimum atomic E-state index is 0.814. The number of aryl methyl sites for hydroxylation is 2. The minimum Gasteiger partial charge on any atom is -0.379 e. The number of rotatable bonds is 4. The maximum atomic E-state index is 4.17.